The lowest BCUT2D eigenvalue weighted by molar-refractivity contribution is 0.114. The van der Waals surface area contributed by atoms with Gasteiger partial charge < -0.3 is 16.2 Å². The van der Waals surface area contributed by atoms with Crippen molar-refractivity contribution in [3.8, 4) is 6.07 Å². The van der Waals surface area contributed by atoms with Gasteiger partial charge in [-0.1, -0.05) is 26.7 Å². The SMILES string of the molecule is CCC(CC)C(O)CNc1ncc(N)cc1C#N. The van der Waals surface area contributed by atoms with Crippen molar-refractivity contribution in [3.05, 3.63) is 17.8 Å². The number of aliphatic hydroxyl groups is 1. The maximum atomic E-state index is 9.99. The van der Waals surface area contributed by atoms with Gasteiger partial charge in [-0.3, -0.25) is 0 Å². The highest BCUT2D eigenvalue weighted by Crippen LogP contribution is 2.17. The molecule has 1 heterocycles. The predicted molar refractivity (Wildman–Crippen MR) is 71.9 cm³/mol. The zero-order valence-electron chi connectivity index (χ0n) is 10.8. The van der Waals surface area contributed by atoms with Crippen LogP contribution in [0, 0.1) is 17.2 Å². The van der Waals surface area contributed by atoms with Gasteiger partial charge in [0, 0.05) is 6.54 Å². The van der Waals surface area contributed by atoms with Gasteiger partial charge in [0.15, 0.2) is 0 Å². The molecule has 0 saturated carbocycles. The van der Waals surface area contributed by atoms with Gasteiger partial charge in [0.2, 0.25) is 0 Å². The molecule has 0 fully saturated rings. The van der Waals surface area contributed by atoms with Crippen molar-refractivity contribution < 1.29 is 5.11 Å². The Labute approximate surface area is 108 Å². The number of nitrogens with one attached hydrogen (secondary N) is 1. The molecule has 98 valence electrons. The molecule has 1 unspecified atom stereocenters. The lowest BCUT2D eigenvalue weighted by Gasteiger charge is -2.20. The molecule has 1 aromatic heterocycles. The van der Waals surface area contributed by atoms with Crippen LogP contribution in [0.3, 0.4) is 0 Å². The van der Waals surface area contributed by atoms with Gasteiger partial charge >= 0.3 is 0 Å². The average molecular weight is 248 g/mol. The first-order chi connectivity index (χ1) is 8.62. The second kappa shape index (κ2) is 6.82. The minimum atomic E-state index is -0.439. The van der Waals surface area contributed by atoms with Crippen LogP contribution in [0.1, 0.15) is 32.3 Å². The first-order valence-electron chi connectivity index (χ1n) is 6.19. The van der Waals surface area contributed by atoms with E-state index in [1.165, 1.54) is 6.20 Å². The smallest absolute Gasteiger partial charge is 0.144 e. The summed E-state index contributed by atoms with van der Waals surface area (Å²) >= 11 is 0. The average Bonchev–Trinajstić information content (AvgIpc) is 2.38. The van der Waals surface area contributed by atoms with Crippen LogP contribution in [0.5, 0.6) is 0 Å². The largest absolute Gasteiger partial charge is 0.397 e. The molecule has 0 aliphatic carbocycles. The first kappa shape index (κ1) is 14.3. The van der Waals surface area contributed by atoms with E-state index >= 15 is 0 Å². The molecule has 0 saturated heterocycles. The molecule has 1 atom stereocenters. The van der Waals surface area contributed by atoms with Crippen LogP contribution in [0.4, 0.5) is 11.5 Å². The van der Waals surface area contributed by atoms with Gasteiger partial charge in [-0.25, -0.2) is 4.98 Å². The van der Waals surface area contributed by atoms with Gasteiger partial charge in [0.05, 0.1) is 23.6 Å². The Bertz CT molecular complexity index is 423. The summed E-state index contributed by atoms with van der Waals surface area (Å²) in [5.74, 6) is 0.730. The van der Waals surface area contributed by atoms with E-state index in [4.69, 9.17) is 11.0 Å². The number of hydrogen-bond donors (Lipinski definition) is 3. The van der Waals surface area contributed by atoms with Crippen molar-refractivity contribution in [2.45, 2.75) is 32.8 Å². The summed E-state index contributed by atoms with van der Waals surface area (Å²) in [5, 5.41) is 22.0. The zero-order valence-corrected chi connectivity index (χ0v) is 10.8. The van der Waals surface area contributed by atoms with Gasteiger partial charge in [0.25, 0.3) is 0 Å². The summed E-state index contributed by atoms with van der Waals surface area (Å²) in [5.41, 5.74) is 6.41. The van der Waals surface area contributed by atoms with E-state index in [0.717, 1.165) is 12.8 Å². The van der Waals surface area contributed by atoms with E-state index in [0.29, 0.717) is 23.6 Å². The molecule has 0 bridgehead atoms. The van der Waals surface area contributed by atoms with Crippen LogP contribution in [0.2, 0.25) is 0 Å². The third kappa shape index (κ3) is 3.60. The Morgan fingerprint density at radius 3 is 2.72 bits per heavy atom. The van der Waals surface area contributed by atoms with Crippen LogP contribution < -0.4 is 11.1 Å². The van der Waals surface area contributed by atoms with E-state index in [2.05, 4.69) is 24.1 Å². The molecule has 5 nitrogen and oxygen atoms in total. The standard InChI is InChI=1S/C13H20N4O/c1-3-9(4-2)12(18)8-17-13-10(6-14)5-11(15)7-16-13/h5,7,9,12,18H,3-4,8,15H2,1-2H3,(H,16,17). The minimum absolute atomic E-state index is 0.261. The van der Waals surface area contributed by atoms with Gasteiger partial charge in [0.1, 0.15) is 11.9 Å². The van der Waals surface area contributed by atoms with Crippen molar-refractivity contribution >= 4 is 11.5 Å². The molecule has 1 aromatic rings. The quantitative estimate of drug-likeness (QED) is 0.712. The Morgan fingerprint density at radius 1 is 1.50 bits per heavy atom. The highest BCUT2D eigenvalue weighted by molar-refractivity contribution is 5.57. The van der Waals surface area contributed by atoms with E-state index in [9.17, 15) is 5.11 Å². The summed E-state index contributed by atoms with van der Waals surface area (Å²) in [6, 6.07) is 3.60. The van der Waals surface area contributed by atoms with E-state index < -0.39 is 6.10 Å². The van der Waals surface area contributed by atoms with Crippen molar-refractivity contribution in [2.75, 3.05) is 17.6 Å². The van der Waals surface area contributed by atoms with Gasteiger partial charge in [-0.2, -0.15) is 5.26 Å². The molecule has 0 amide bonds. The second-order valence-corrected chi connectivity index (χ2v) is 4.30. The number of hydrogen-bond acceptors (Lipinski definition) is 5. The number of nitrogens with zero attached hydrogens (tertiary/aromatic N) is 2. The molecular formula is C13H20N4O. The van der Waals surface area contributed by atoms with Crippen molar-refractivity contribution in [2.24, 2.45) is 5.92 Å². The van der Waals surface area contributed by atoms with Crippen LogP contribution in [0.25, 0.3) is 0 Å². The molecule has 0 aliphatic heterocycles. The molecule has 1 rings (SSSR count). The summed E-state index contributed by atoms with van der Waals surface area (Å²) in [6.07, 6.45) is 2.91. The number of nitrogens with two attached hydrogens (primary N) is 1. The van der Waals surface area contributed by atoms with Crippen LogP contribution in [-0.2, 0) is 0 Å². The van der Waals surface area contributed by atoms with E-state index in [-0.39, 0.29) is 5.92 Å². The lowest BCUT2D eigenvalue weighted by Crippen LogP contribution is -2.28. The Kier molecular flexibility index (Phi) is 5.40. The fourth-order valence-corrected chi connectivity index (χ4v) is 1.91. The van der Waals surface area contributed by atoms with Gasteiger partial charge in [-0.15, -0.1) is 0 Å². The normalized spacial score (nSPS) is 12.2. The summed E-state index contributed by atoms with van der Waals surface area (Å²) in [7, 11) is 0. The highest BCUT2D eigenvalue weighted by atomic mass is 16.3. The number of aromatic nitrogens is 1. The predicted octanol–water partition coefficient (Wildman–Crippen LogP) is 1.74. The molecule has 0 aliphatic rings. The topological polar surface area (TPSA) is 95.0 Å². The fraction of sp³-hybridized carbons (Fsp3) is 0.538. The molecular weight excluding hydrogens is 228 g/mol. The van der Waals surface area contributed by atoms with E-state index in [1.807, 2.05) is 6.07 Å². The van der Waals surface area contributed by atoms with E-state index in [1.54, 1.807) is 6.07 Å². The lowest BCUT2D eigenvalue weighted by atomic mass is 9.96. The van der Waals surface area contributed by atoms with Crippen molar-refractivity contribution in [3.63, 3.8) is 0 Å². The second-order valence-electron chi connectivity index (χ2n) is 4.30. The number of pyridine rings is 1. The number of rotatable bonds is 6. The highest BCUT2D eigenvalue weighted by Gasteiger charge is 2.15. The maximum absolute atomic E-state index is 9.99. The third-order valence-electron chi connectivity index (χ3n) is 3.10. The molecule has 0 radical (unpaired) electrons. The zero-order chi connectivity index (χ0) is 13.5. The maximum Gasteiger partial charge on any atom is 0.144 e. The summed E-state index contributed by atoms with van der Waals surface area (Å²) < 4.78 is 0. The summed E-state index contributed by atoms with van der Waals surface area (Å²) in [6.45, 7) is 4.50. The molecule has 4 N–H and O–H groups in total. The number of aliphatic hydroxyl groups excluding tert-OH is 1. The third-order valence-corrected chi connectivity index (χ3v) is 3.10. The Hall–Kier alpha value is -1.80. The molecule has 18 heavy (non-hydrogen) atoms. The molecule has 0 spiro atoms. The molecule has 5 heteroatoms. The number of nitriles is 1. The van der Waals surface area contributed by atoms with Crippen LogP contribution in [-0.4, -0.2) is 22.7 Å². The van der Waals surface area contributed by atoms with Crippen LogP contribution in [0.15, 0.2) is 12.3 Å². The van der Waals surface area contributed by atoms with Crippen molar-refractivity contribution in [1.29, 1.82) is 5.26 Å². The number of nitrogen functional groups attached to an aromatic ring is 1. The summed E-state index contributed by atoms with van der Waals surface area (Å²) in [4.78, 5) is 4.06. The molecule has 0 aromatic carbocycles. The fourth-order valence-electron chi connectivity index (χ4n) is 1.91. The first-order valence-corrected chi connectivity index (χ1v) is 6.19. The monoisotopic (exact) mass is 248 g/mol. The van der Waals surface area contributed by atoms with Crippen LogP contribution >= 0.6 is 0 Å². The van der Waals surface area contributed by atoms with Gasteiger partial charge in [-0.05, 0) is 12.0 Å². The van der Waals surface area contributed by atoms with Crippen molar-refractivity contribution in [1.82, 2.24) is 4.98 Å². The minimum Gasteiger partial charge on any atom is -0.397 e. The number of anilines is 2. The Morgan fingerprint density at radius 2 is 2.17 bits per heavy atom. The Balaban J connectivity index is 2.66.